The van der Waals surface area contributed by atoms with Crippen LogP contribution >= 0.6 is 0 Å². The zero-order valence-corrected chi connectivity index (χ0v) is 5.52. The number of nitrogens with zero attached hydrogens (tertiary/aromatic N) is 2. The molecule has 0 spiro atoms. The van der Waals surface area contributed by atoms with Gasteiger partial charge in [0.25, 0.3) is 0 Å². The molecule has 1 aromatic rings. The van der Waals surface area contributed by atoms with Crippen molar-refractivity contribution in [1.82, 2.24) is 15.4 Å². The molecule has 0 fully saturated rings. The Hall–Kier alpha value is -1.02. The van der Waals surface area contributed by atoms with E-state index in [1.807, 2.05) is 0 Å². The molecule has 0 aromatic carbocycles. The fraction of sp³-hybridized carbons (Fsp3) is 0.500. The Morgan fingerprint density at radius 2 is 1.55 bits per heavy atom. The number of rotatable bonds is 4. The highest BCUT2D eigenvalue weighted by molar-refractivity contribution is 5.05. The fourth-order valence-electron chi connectivity index (χ4n) is 0.628. The van der Waals surface area contributed by atoms with E-state index in [1.165, 1.54) is 0 Å². The van der Waals surface area contributed by atoms with Crippen molar-refractivity contribution >= 4 is 0 Å². The van der Waals surface area contributed by atoms with Crippen LogP contribution in [-0.4, -0.2) is 25.9 Å². The van der Waals surface area contributed by atoms with Crippen molar-refractivity contribution in [2.75, 3.05) is 0 Å². The first-order valence-electron chi connectivity index (χ1n) is 2.79. The maximum absolute atomic E-state index is 8.05. The first-order valence-corrected chi connectivity index (χ1v) is 2.79. The summed E-state index contributed by atoms with van der Waals surface area (Å²) in [5.74, 6) is 0. The molecule has 0 saturated carbocycles. The van der Waals surface area contributed by atoms with Gasteiger partial charge >= 0.3 is 0 Å². The van der Waals surface area contributed by atoms with Crippen molar-refractivity contribution in [2.45, 2.75) is 13.2 Å². The number of aromatic amines is 1. The average molecular weight is 161 g/mol. The third kappa shape index (κ3) is 1.95. The number of H-pyrrole nitrogens is 1. The summed E-state index contributed by atoms with van der Waals surface area (Å²) < 4.78 is 0. The second-order valence-electron chi connectivity index (χ2n) is 1.76. The highest BCUT2D eigenvalue weighted by Gasteiger charge is 2.07. The summed E-state index contributed by atoms with van der Waals surface area (Å²) in [4.78, 5) is 7.63. The Morgan fingerprint density at radius 3 is 1.91 bits per heavy atom. The Kier molecular flexibility index (Phi) is 2.93. The average Bonchev–Trinajstić information content (AvgIpc) is 2.39. The molecule has 62 valence electrons. The normalized spacial score (nSPS) is 10.4. The SMILES string of the molecule is OOCc1n[nH]nc1COO. The standard InChI is InChI=1S/C4H7N3O4/c8-10-1-3-4(2-11-9)6-7-5-3/h8-9H,1-2H2,(H,5,6,7). The van der Waals surface area contributed by atoms with E-state index in [2.05, 4.69) is 25.2 Å². The van der Waals surface area contributed by atoms with Crippen molar-refractivity contribution < 1.29 is 20.3 Å². The molecule has 1 aromatic heterocycles. The van der Waals surface area contributed by atoms with Crippen LogP contribution in [0.25, 0.3) is 0 Å². The van der Waals surface area contributed by atoms with Gasteiger partial charge in [0.15, 0.2) is 0 Å². The van der Waals surface area contributed by atoms with Crippen LogP contribution in [0.15, 0.2) is 0 Å². The number of aromatic nitrogens is 3. The highest BCUT2D eigenvalue weighted by atomic mass is 17.1. The minimum atomic E-state index is -0.0881. The highest BCUT2D eigenvalue weighted by Crippen LogP contribution is 2.02. The first-order chi connectivity index (χ1) is 5.38. The Balaban J connectivity index is 2.62. The van der Waals surface area contributed by atoms with Gasteiger partial charge in [-0.3, -0.25) is 10.5 Å². The molecule has 0 aliphatic heterocycles. The maximum Gasteiger partial charge on any atom is 0.128 e. The topological polar surface area (TPSA) is 100 Å². The van der Waals surface area contributed by atoms with Gasteiger partial charge in [-0.15, -0.1) is 0 Å². The van der Waals surface area contributed by atoms with E-state index in [0.717, 1.165) is 0 Å². The van der Waals surface area contributed by atoms with E-state index < -0.39 is 0 Å². The van der Waals surface area contributed by atoms with Crippen molar-refractivity contribution in [3.63, 3.8) is 0 Å². The smallest absolute Gasteiger partial charge is 0.128 e. The lowest BCUT2D eigenvalue weighted by molar-refractivity contribution is -0.259. The van der Waals surface area contributed by atoms with Crippen molar-refractivity contribution in [1.29, 1.82) is 0 Å². The van der Waals surface area contributed by atoms with Gasteiger partial charge in [0.1, 0.15) is 24.6 Å². The lowest BCUT2D eigenvalue weighted by atomic mass is 10.3. The molecule has 0 radical (unpaired) electrons. The predicted octanol–water partition coefficient (Wildman–Crippen LogP) is -0.216. The molecule has 7 nitrogen and oxygen atoms in total. The van der Waals surface area contributed by atoms with Crippen LogP contribution in [0.3, 0.4) is 0 Å². The van der Waals surface area contributed by atoms with Gasteiger partial charge in [0.2, 0.25) is 0 Å². The van der Waals surface area contributed by atoms with Gasteiger partial charge in [-0.1, -0.05) is 0 Å². The molecular formula is C4H7N3O4. The van der Waals surface area contributed by atoms with Gasteiger partial charge in [-0.05, 0) is 0 Å². The third-order valence-corrected chi connectivity index (χ3v) is 1.11. The van der Waals surface area contributed by atoms with E-state index in [9.17, 15) is 0 Å². The van der Waals surface area contributed by atoms with E-state index >= 15 is 0 Å². The van der Waals surface area contributed by atoms with E-state index in [-0.39, 0.29) is 13.2 Å². The number of hydrogen-bond acceptors (Lipinski definition) is 6. The molecule has 0 atom stereocenters. The molecule has 3 N–H and O–H groups in total. The van der Waals surface area contributed by atoms with Gasteiger partial charge < -0.3 is 0 Å². The Bertz CT molecular complexity index is 192. The maximum atomic E-state index is 8.05. The van der Waals surface area contributed by atoms with E-state index in [0.29, 0.717) is 11.4 Å². The van der Waals surface area contributed by atoms with Gasteiger partial charge in [-0.25, -0.2) is 9.78 Å². The second kappa shape index (κ2) is 3.98. The van der Waals surface area contributed by atoms with Crippen LogP contribution in [0.5, 0.6) is 0 Å². The van der Waals surface area contributed by atoms with Crippen molar-refractivity contribution in [3.8, 4) is 0 Å². The molecule has 1 heterocycles. The van der Waals surface area contributed by atoms with Gasteiger partial charge in [-0.2, -0.15) is 15.4 Å². The largest absolute Gasteiger partial charge is 0.251 e. The fourth-order valence-corrected chi connectivity index (χ4v) is 0.628. The zero-order chi connectivity index (χ0) is 8.10. The Morgan fingerprint density at radius 1 is 1.09 bits per heavy atom. The van der Waals surface area contributed by atoms with Crippen molar-refractivity contribution in [3.05, 3.63) is 11.4 Å². The third-order valence-electron chi connectivity index (χ3n) is 1.11. The number of hydrogen-bond donors (Lipinski definition) is 3. The summed E-state index contributed by atoms with van der Waals surface area (Å²) in [6.07, 6.45) is 0. The molecule has 0 aliphatic carbocycles. The predicted molar refractivity (Wildman–Crippen MR) is 31.2 cm³/mol. The molecule has 0 saturated heterocycles. The van der Waals surface area contributed by atoms with Crippen LogP contribution in [0.2, 0.25) is 0 Å². The molecule has 7 heteroatoms. The lowest BCUT2D eigenvalue weighted by Crippen LogP contribution is -1.96. The molecule has 1 rings (SSSR count). The molecule has 0 bridgehead atoms. The quantitative estimate of drug-likeness (QED) is 0.417. The summed E-state index contributed by atoms with van der Waals surface area (Å²) in [5.41, 5.74) is 0.781. The summed E-state index contributed by atoms with van der Waals surface area (Å²) in [7, 11) is 0. The van der Waals surface area contributed by atoms with Crippen LogP contribution in [0, 0.1) is 0 Å². The van der Waals surface area contributed by atoms with E-state index in [1.54, 1.807) is 0 Å². The monoisotopic (exact) mass is 161 g/mol. The minimum Gasteiger partial charge on any atom is -0.251 e. The molecule has 0 amide bonds. The van der Waals surface area contributed by atoms with Crippen LogP contribution in [0.1, 0.15) is 11.4 Å². The molecule has 11 heavy (non-hydrogen) atoms. The summed E-state index contributed by atoms with van der Waals surface area (Å²) in [6, 6.07) is 0. The minimum absolute atomic E-state index is 0.0881. The van der Waals surface area contributed by atoms with Crippen LogP contribution in [0.4, 0.5) is 0 Å². The van der Waals surface area contributed by atoms with Crippen molar-refractivity contribution in [2.24, 2.45) is 0 Å². The molecule has 0 aliphatic rings. The lowest BCUT2D eigenvalue weighted by Gasteiger charge is -1.93. The summed E-state index contributed by atoms with van der Waals surface area (Å²) >= 11 is 0. The Labute approximate surface area is 61.4 Å². The van der Waals surface area contributed by atoms with E-state index in [4.69, 9.17) is 10.5 Å². The summed E-state index contributed by atoms with van der Waals surface area (Å²) in [6.45, 7) is -0.176. The second-order valence-corrected chi connectivity index (χ2v) is 1.76. The van der Waals surface area contributed by atoms with Crippen LogP contribution < -0.4 is 0 Å². The van der Waals surface area contributed by atoms with Gasteiger partial charge in [0, 0.05) is 0 Å². The molecule has 0 unspecified atom stereocenters. The first kappa shape index (κ1) is 8.08. The number of nitrogens with one attached hydrogen (secondary N) is 1. The molecular weight excluding hydrogens is 154 g/mol. The summed E-state index contributed by atoms with van der Waals surface area (Å²) in [5, 5.41) is 25.6. The van der Waals surface area contributed by atoms with Gasteiger partial charge in [0.05, 0.1) is 0 Å². The zero-order valence-electron chi connectivity index (χ0n) is 5.52. The van der Waals surface area contributed by atoms with Crippen LogP contribution in [-0.2, 0) is 23.0 Å².